The Morgan fingerprint density at radius 2 is 1.71 bits per heavy atom. The van der Waals surface area contributed by atoms with Crippen LogP contribution in [0.25, 0.3) is 10.9 Å². The highest BCUT2D eigenvalue weighted by atomic mass is 32.2. The standard InChI is InChI=1S/C28H39NO7SSi/c1-28(2,3)38(4,5)26(32)24-17-23(30)25(31)27(36-24)35-16-15-19-18-29(22-14-10-9-13-21(19)22)37(33,34)20-11-7-6-8-12-20/h6-14,18,23-27,30-32H,15-17H2,1-5H3/t23-,24-,25+,26?,27-/m0/s1. The van der Waals surface area contributed by atoms with Gasteiger partial charge in [0.25, 0.3) is 10.0 Å². The quantitative estimate of drug-likeness (QED) is 0.359. The second-order valence-corrected chi connectivity index (χ2v) is 19.0. The Bertz CT molecular complexity index is 1350. The Morgan fingerprint density at radius 1 is 1.08 bits per heavy atom. The van der Waals surface area contributed by atoms with Crippen LogP contribution in [0.4, 0.5) is 0 Å². The van der Waals surface area contributed by atoms with E-state index in [4.69, 9.17) is 9.47 Å². The highest BCUT2D eigenvalue weighted by Gasteiger charge is 2.49. The molecular weight excluding hydrogens is 522 g/mol. The first-order valence-corrected chi connectivity index (χ1v) is 17.5. The van der Waals surface area contributed by atoms with Gasteiger partial charge in [-0.2, -0.15) is 0 Å². The maximum Gasteiger partial charge on any atom is 0.268 e. The summed E-state index contributed by atoms with van der Waals surface area (Å²) in [6, 6.07) is 15.5. The van der Waals surface area contributed by atoms with Crippen molar-refractivity contribution in [3.63, 3.8) is 0 Å². The molecule has 2 heterocycles. The fourth-order valence-electron chi connectivity index (χ4n) is 4.72. The van der Waals surface area contributed by atoms with Gasteiger partial charge in [0.2, 0.25) is 0 Å². The Kier molecular flexibility index (Phi) is 8.26. The van der Waals surface area contributed by atoms with E-state index in [9.17, 15) is 23.7 Å². The van der Waals surface area contributed by atoms with Crippen LogP contribution in [0.1, 0.15) is 32.8 Å². The topological polar surface area (TPSA) is 118 Å². The number of aliphatic hydroxyl groups is 3. The summed E-state index contributed by atoms with van der Waals surface area (Å²) in [5.74, 6) is 0. The highest BCUT2D eigenvalue weighted by Crippen LogP contribution is 2.41. The van der Waals surface area contributed by atoms with Gasteiger partial charge in [0.05, 0.1) is 43.0 Å². The molecule has 4 rings (SSSR count). The smallest absolute Gasteiger partial charge is 0.268 e. The zero-order chi connectivity index (χ0) is 27.9. The van der Waals surface area contributed by atoms with Gasteiger partial charge in [0.15, 0.2) is 6.29 Å². The zero-order valence-electron chi connectivity index (χ0n) is 22.6. The van der Waals surface area contributed by atoms with E-state index in [0.29, 0.717) is 11.9 Å². The van der Waals surface area contributed by atoms with Crippen LogP contribution in [-0.4, -0.2) is 72.7 Å². The van der Waals surface area contributed by atoms with E-state index >= 15 is 0 Å². The number of nitrogens with zero attached hydrogens (tertiary/aromatic N) is 1. The predicted octanol–water partition coefficient (Wildman–Crippen LogP) is 3.68. The average Bonchev–Trinajstić information content (AvgIpc) is 3.25. The van der Waals surface area contributed by atoms with E-state index in [1.165, 1.54) is 3.97 Å². The molecule has 0 radical (unpaired) electrons. The van der Waals surface area contributed by atoms with Crippen molar-refractivity contribution in [3.05, 3.63) is 66.4 Å². The van der Waals surface area contributed by atoms with Crippen molar-refractivity contribution in [2.24, 2.45) is 0 Å². The second kappa shape index (κ2) is 10.8. The molecule has 1 unspecified atom stereocenters. The molecule has 0 spiro atoms. The number of aromatic nitrogens is 1. The lowest BCUT2D eigenvalue weighted by atomic mass is 10.0. The number of ether oxygens (including phenoxy) is 2. The van der Waals surface area contributed by atoms with Gasteiger partial charge < -0.3 is 24.8 Å². The zero-order valence-corrected chi connectivity index (χ0v) is 24.4. The molecule has 5 atom stereocenters. The average molecular weight is 562 g/mol. The third-order valence-electron chi connectivity index (χ3n) is 8.19. The molecule has 10 heteroatoms. The first-order chi connectivity index (χ1) is 17.7. The van der Waals surface area contributed by atoms with Gasteiger partial charge >= 0.3 is 0 Å². The van der Waals surface area contributed by atoms with Crippen molar-refractivity contribution in [2.45, 2.75) is 87.0 Å². The summed E-state index contributed by atoms with van der Waals surface area (Å²) >= 11 is 0. The molecule has 0 bridgehead atoms. The summed E-state index contributed by atoms with van der Waals surface area (Å²) in [5.41, 5.74) is 0.578. The van der Waals surface area contributed by atoms with Crippen molar-refractivity contribution in [1.29, 1.82) is 0 Å². The van der Waals surface area contributed by atoms with Crippen molar-refractivity contribution >= 4 is 29.0 Å². The Labute approximate surface area is 225 Å². The van der Waals surface area contributed by atoms with Gasteiger partial charge in [0.1, 0.15) is 6.10 Å². The number of fused-ring (bicyclic) bond motifs is 1. The van der Waals surface area contributed by atoms with Crippen LogP contribution in [0.2, 0.25) is 18.1 Å². The minimum Gasteiger partial charge on any atom is -0.394 e. The Hall–Kier alpha value is -2.05. The molecule has 3 aromatic rings. The molecule has 1 aromatic heterocycles. The number of para-hydroxylation sites is 1. The van der Waals surface area contributed by atoms with Gasteiger partial charge in [-0.3, -0.25) is 0 Å². The minimum atomic E-state index is -3.80. The van der Waals surface area contributed by atoms with Crippen LogP contribution in [0.3, 0.4) is 0 Å². The lowest BCUT2D eigenvalue weighted by Gasteiger charge is -2.46. The van der Waals surface area contributed by atoms with Crippen molar-refractivity contribution in [3.8, 4) is 0 Å². The van der Waals surface area contributed by atoms with E-state index in [1.807, 2.05) is 12.1 Å². The minimum absolute atomic E-state index is 0.0958. The van der Waals surface area contributed by atoms with Gasteiger partial charge in [-0.15, -0.1) is 0 Å². The molecular formula is C28H39NO7SSi. The summed E-state index contributed by atoms with van der Waals surface area (Å²) in [4.78, 5) is 0.197. The summed E-state index contributed by atoms with van der Waals surface area (Å²) < 4.78 is 39.9. The normalized spacial score (nSPS) is 24.0. The first kappa shape index (κ1) is 28.9. The first-order valence-electron chi connectivity index (χ1n) is 13.0. The highest BCUT2D eigenvalue weighted by molar-refractivity contribution is 7.90. The second-order valence-electron chi connectivity index (χ2n) is 11.7. The van der Waals surface area contributed by atoms with Gasteiger partial charge in [-0.05, 0) is 35.2 Å². The third-order valence-corrected chi connectivity index (χ3v) is 15.6. The molecule has 1 fully saturated rings. The van der Waals surface area contributed by atoms with Crippen molar-refractivity contribution in [2.75, 3.05) is 6.61 Å². The molecule has 1 aliphatic heterocycles. The summed E-state index contributed by atoms with van der Waals surface area (Å²) in [5, 5.41) is 32.9. The van der Waals surface area contributed by atoms with Crippen molar-refractivity contribution < 1.29 is 33.2 Å². The van der Waals surface area contributed by atoms with Gasteiger partial charge in [0, 0.05) is 18.0 Å². The molecule has 0 aliphatic carbocycles. The van der Waals surface area contributed by atoms with Crippen LogP contribution >= 0.6 is 0 Å². The lowest BCUT2D eigenvalue weighted by molar-refractivity contribution is -0.274. The lowest BCUT2D eigenvalue weighted by Crippen LogP contribution is -2.60. The van der Waals surface area contributed by atoms with Crippen LogP contribution in [0.15, 0.2) is 65.7 Å². The number of benzene rings is 2. The monoisotopic (exact) mass is 561 g/mol. The van der Waals surface area contributed by atoms with E-state index in [2.05, 4.69) is 33.9 Å². The number of hydrogen-bond acceptors (Lipinski definition) is 7. The molecule has 1 saturated heterocycles. The third kappa shape index (κ3) is 5.49. The molecule has 0 amide bonds. The van der Waals surface area contributed by atoms with E-state index in [1.54, 1.807) is 48.7 Å². The van der Waals surface area contributed by atoms with E-state index in [0.717, 1.165) is 10.9 Å². The SMILES string of the molecule is CC(C)(C)[Si](C)(C)C(O)[C@@H]1C[C@H](O)[C@@H](O)[C@@H](OCCc2cn(S(=O)(=O)c3ccccc3)c3ccccc23)O1. The maximum absolute atomic E-state index is 13.3. The van der Waals surface area contributed by atoms with E-state index in [-0.39, 0.29) is 23.0 Å². The summed E-state index contributed by atoms with van der Waals surface area (Å²) in [6.07, 6.45) is -2.02. The maximum atomic E-state index is 13.3. The Morgan fingerprint density at radius 3 is 2.37 bits per heavy atom. The van der Waals surface area contributed by atoms with Crippen LogP contribution < -0.4 is 0 Å². The molecule has 1 aliphatic rings. The number of hydrogen-bond donors (Lipinski definition) is 3. The molecule has 0 saturated carbocycles. The summed E-state index contributed by atoms with van der Waals surface area (Å²) in [7, 11) is -6.01. The molecule has 38 heavy (non-hydrogen) atoms. The van der Waals surface area contributed by atoms with Crippen LogP contribution in [0, 0.1) is 0 Å². The number of rotatable bonds is 8. The predicted molar refractivity (Wildman–Crippen MR) is 149 cm³/mol. The largest absolute Gasteiger partial charge is 0.394 e. The molecule has 8 nitrogen and oxygen atoms in total. The fraction of sp³-hybridized carbons (Fsp3) is 0.500. The fourth-order valence-corrected chi connectivity index (χ4v) is 8.17. The van der Waals surface area contributed by atoms with Crippen molar-refractivity contribution in [1.82, 2.24) is 3.97 Å². The van der Waals surface area contributed by atoms with Crippen LogP contribution in [0.5, 0.6) is 0 Å². The molecule has 2 aromatic carbocycles. The van der Waals surface area contributed by atoms with Gasteiger partial charge in [-0.25, -0.2) is 12.4 Å². The molecule has 208 valence electrons. The van der Waals surface area contributed by atoms with E-state index < -0.39 is 48.4 Å². The molecule has 3 N–H and O–H groups in total. The number of aliphatic hydroxyl groups excluding tert-OH is 3. The van der Waals surface area contributed by atoms with Gasteiger partial charge in [-0.1, -0.05) is 70.3 Å². The summed E-state index contributed by atoms with van der Waals surface area (Å²) in [6.45, 7) is 10.6. The Balaban J connectivity index is 1.51. The van der Waals surface area contributed by atoms with Crippen LogP contribution in [-0.2, 0) is 25.9 Å².